The molecule has 1 atom stereocenters. The fourth-order valence-electron chi connectivity index (χ4n) is 3.13. The van der Waals surface area contributed by atoms with Gasteiger partial charge in [0.15, 0.2) is 5.96 Å². The van der Waals surface area contributed by atoms with E-state index in [1.165, 1.54) is 4.88 Å². The van der Waals surface area contributed by atoms with E-state index in [-0.39, 0.29) is 24.0 Å². The van der Waals surface area contributed by atoms with Gasteiger partial charge in [-0.05, 0) is 17.5 Å². The first-order chi connectivity index (χ1) is 13.1. The van der Waals surface area contributed by atoms with Crippen LogP contribution >= 0.6 is 58.5 Å². The van der Waals surface area contributed by atoms with Gasteiger partial charge < -0.3 is 19.9 Å². The van der Waals surface area contributed by atoms with Crippen LogP contribution in [0.15, 0.2) is 28.6 Å². The molecule has 1 aliphatic heterocycles. The second-order valence-corrected chi connectivity index (χ2v) is 8.06. The average Bonchev–Trinajstić information content (AvgIpc) is 3.30. The summed E-state index contributed by atoms with van der Waals surface area (Å²) in [5.41, 5.74) is 0.996. The van der Waals surface area contributed by atoms with Crippen molar-refractivity contribution in [3.05, 3.63) is 44.3 Å². The zero-order chi connectivity index (χ0) is 19.2. The maximum atomic E-state index is 6.14. The summed E-state index contributed by atoms with van der Waals surface area (Å²) in [5, 5.41) is 10.0. The predicted molar refractivity (Wildman–Crippen MR) is 129 cm³/mol. The molecule has 3 heterocycles. The minimum absolute atomic E-state index is 0. The Hall–Kier alpha value is -0.520. The summed E-state index contributed by atoms with van der Waals surface area (Å²) in [6.07, 6.45) is 0. The number of guanidine groups is 1. The molecule has 28 heavy (non-hydrogen) atoms. The highest BCUT2D eigenvalue weighted by molar-refractivity contribution is 14.0. The van der Waals surface area contributed by atoms with Crippen LogP contribution in [0.1, 0.15) is 16.6 Å². The third-order valence-electron chi connectivity index (χ3n) is 4.70. The van der Waals surface area contributed by atoms with E-state index in [1.54, 1.807) is 18.4 Å². The Morgan fingerprint density at radius 3 is 2.64 bits per heavy atom. The lowest BCUT2D eigenvalue weighted by atomic mass is 10.2. The number of hydrogen-bond donors (Lipinski definition) is 2. The van der Waals surface area contributed by atoms with Crippen molar-refractivity contribution in [1.29, 1.82) is 0 Å². The number of nitrogens with zero attached hydrogens (tertiary/aromatic N) is 3. The molecule has 0 aromatic carbocycles. The van der Waals surface area contributed by atoms with Gasteiger partial charge in [-0.1, -0.05) is 29.3 Å². The average molecular weight is 558 g/mol. The molecule has 10 heteroatoms. The fraction of sp³-hybridized carbons (Fsp3) is 0.500. The van der Waals surface area contributed by atoms with Crippen molar-refractivity contribution in [2.45, 2.75) is 12.6 Å². The Morgan fingerprint density at radius 2 is 2.07 bits per heavy atom. The van der Waals surface area contributed by atoms with Gasteiger partial charge in [-0.2, -0.15) is 0 Å². The van der Waals surface area contributed by atoms with Crippen molar-refractivity contribution in [3.8, 4) is 0 Å². The molecule has 1 saturated heterocycles. The van der Waals surface area contributed by atoms with Crippen molar-refractivity contribution >= 4 is 64.5 Å². The first-order valence-corrected chi connectivity index (χ1v) is 10.5. The van der Waals surface area contributed by atoms with E-state index in [4.69, 9.17) is 27.9 Å². The van der Waals surface area contributed by atoms with Crippen molar-refractivity contribution in [2.24, 2.45) is 12.0 Å². The molecule has 2 aromatic rings. The smallest absolute Gasteiger partial charge is 0.191 e. The number of morpholine rings is 1. The molecule has 0 amide bonds. The van der Waals surface area contributed by atoms with E-state index in [2.05, 4.69) is 38.0 Å². The molecule has 1 fully saturated rings. The number of nitrogens with one attached hydrogen (secondary N) is 2. The Morgan fingerprint density at radius 1 is 1.32 bits per heavy atom. The summed E-state index contributed by atoms with van der Waals surface area (Å²) >= 11 is 14.0. The topological polar surface area (TPSA) is 53.8 Å². The maximum Gasteiger partial charge on any atom is 0.191 e. The van der Waals surface area contributed by atoms with E-state index in [9.17, 15) is 0 Å². The predicted octanol–water partition coefficient (Wildman–Crippen LogP) is 3.75. The lowest BCUT2D eigenvalue weighted by Crippen LogP contribution is -2.46. The zero-order valence-corrected chi connectivity index (χ0v) is 20.6. The molecule has 1 aliphatic rings. The van der Waals surface area contributed by atoms with Gasteiger partial charge in [0, 0.05) is 44.3 Å². The molecule has 0 spiro atoms. The highest BCUT2D eigenvalue weighted by atomic mass is 127. The van der Waals surface area contributed by atoms with E-state index < -0.39 is 0 Å². The second kappa shape index (κ2) is 11.6. The number of ether oxygens (including phenoxy) is 1. The van der Waals surface area contributed by atoms with Crippen LogP contribution in [-0.4, -0.2) is 55.3 Å². The summed E-state index contributed by atoms with van der Waals surface area (Å²) < 4.78 is 7.37. The SMILES string of the molecule is CN=C(NCc1cc(Cl)c(Cl)n1C)NCC(c1cccs1)N1CCOCC1.I. The van der Waals surface area contributed by atoms with E-state index in [1.807, 2.05) is 17.7 Å². The molecule has 0 saturated carbocycles. The Balaban J connectivity index is 0.00000280. The minimum Gasteiger partial charge on any atom is -0.379 e. The van der Waals surface area contributed by atoms with Crippen LogP contribution < -0.4 is 10.6 Å². The number of thiophene rings is 1. The molecule has 6 nitrogen and oxygen atoms in total. The summed E-state index contributed by atoms with van der Waals surface area (Å²) in [6.45, 7) is 4.81. The van der Waals surface area contributed by atoms with Crippen LogP contribution in [0, 0.1) is 0 Å². The number of halogens is 3. The largest absolute Gasteiger partial charge is 0.379 e. The summed E-state index contributed by atoms with van der Waals surface area (Å²) in [7, 11) is 3.67. The minimum atomic E-state index is 0. The van der Waals surface area contributed by atoms with Crippen molar-refractivity contribution in [2.75, 3.05) is 39.9 Å². The second-order valence-electron chi connectivity index (χ2n) is 6.32. The van der Waals surface area contributed by atoms with Gasteiger partial charge in [-0.15, -0.1) is 35.3 Å². The van der Waals surface area contributed by atoms with Crippen LogP contribution in [0.2, 0.25) is 10.2 Å². The Labute approximate surface area is 197 Å². The van der Waals surface area contributed by atoms with Crippen molar-refractivity contribution in [1.82, 2.24) is 20.1 Å². The van der Waals surface area contributed by atoms with Crippen LogP contribution in [0.25, 0.3) is 0 Å². The van der Waals surface area contributed by atoms with Crippen LogP contribution in [0.5, 0.6) is 0 Å². The number of hydrogen-bond acceptors (Lipinski definition) is 4. The lowest BCUT2D eigenvalue weighted by Gasteiger charge is -2.34. The van der Waals surface area contributed by atoms with Crippen LogP contribution in [0.4, 0.5) is 0 Å². The third kappa shape index (κ3) is 5.99. The quantitative estimate of drug-likeness (QED) is 0.323. The van der Waals surface area contributed by atoms with Gasteiger partial charge in [0.25, 0.3) is 0 Å². The lowest BCUT2D eigenvalue weighted by molar-refractivity contribution is 0.0177. The molecule has 0 aliphatic carbocycles. The summed E-state index contributed by atoms with van der Waals surface area (Å²) in [6, 6.07) is 6.46. The Bertz CT molecular complexity index is 762. The first kappa shape index (κ1) is 23.8. The molecule has 3 rings (SSSR count). The number of rotatable bonds is 6. The van der Waals surface area contributed by atoms with Crippen molar-refractivity contribution < 1.29 is 4.74 Å². The van der Waals surface area contributed by atoms with Gasteiger partial charge in [0.1, 0.15) is 5.15 Å². The van der Waals surface area contributed by atoms with Gasteiger partial charge in [0.2, 0.25) is 0 Å². The third-order valence-corrected chi connectivity index (χ3v) is 6.51. The molecule has 2 aromatic heterocycles. The molecule has 0 bridgehead atoms. The van der Waals surface area contributed by atoms with Crippen molar-refractivity contribution in [3.63, 3.8) is 0 Å². The highest BCUT2D eigenvalue weighted by Gasteiger charge is 2.23. The van der Waals surface area contributed by atoms with Gasteiger partial charge in [0.05, 0.1) is 30.8 Å². The maximum absolute atomic E-state index is 6.14. The monoisotopic (exact) mass is 557 g/mol. The standard InChI is InChI=1S/C18H25Cl2N5OS.HI/c1-21-18(22-11-13-10-14(19)17(20)24(13)2)23-12-15(16-4-3-9-27-16)25-5-7-26-8-6-25;/h3-4,9-10,15H,5-8,11-12H2,1-2H3,(H2,21,22,23);1H. The number of aliphatic imine (C=N–C) groups is 1. The molecular weight excluding hydrogens is 532 g/mol. The normalized spacial score (nSPS) is 16.5. The molecule has 1 unspecified atom stereocenters. The molecule has 156 valence electrons. The van der Waals surface area contributed by atoms with Gasteiger partial charge >= 0.3 is 0 Å². The molecular formula is C18H26Cl2IN5OS. The fourth-order valence-corrected chi connectivity index (χ4v) is 4.40. The number of aromatic nitrogens is 1. The van der Waals surface area contributed by atoms with Crippen LogP contribution in [-0.2, 0) is 18.3 Å². The van der Waals surface area contributed by atoms with E-state index >= 15 is 0 Å². The van der Waals surface area contributed by atoms with Gasteiger partial charge in [-0.25, -0.2) is 0 Å². The molecule has 2 N–H and O–H groups in total. The zero-order valence-electron chi connectivity index (χ0n) is 16.0. The highest BCUT2D eigenvalue weighted by Crippen LogP contribution is 2.26. The van der Waals surface area contributed by atoms with Crippen LogP contribution in [0.3, 0.4) is 0 Å². The van der Waals surface area contributed by atoms with E-state index in [0.29, 0.717) is 22.8 Å². The summed E-state index contributed by atoms with van der Waals surface area (Å²) in [4.78, 5) is 8.15. The molecule has 0 radical (unpaired) electrons. The Kier molecular flexibility index (Phi) is 9.85. The summed E-state index contributed by atoms with van der Waals surface area (Å²) in [5.74, 6) is 0.748. The van der Waals surface area contributed by atoms with E-state index in [0.717, 1.165) is 44.5 Å². The first-order valence-electron chi connectivity index (χ1n) is 8.89. The van der Waals surface area contributed by atoms with Gasteiger partial charge in [-0.3, -0.25) is 9.89 Å².